The van der Waals surface area contributed by atoms with Crippen LogP contribution in [0.25, 0.3) is 0 Å². The Bertz CT molecular complexity index is 657. The van der Waals surface area contributed by atoms with Crippen molar-refractivity contribution in [1.82, 2.24) is 5.32 Å². The van der Waals surface area contributed by atoms with Crippen LogP contribution < -0.4 is 10.6 Å². The van der Waals surface area contributed by atoms with Crippen LogP contribution in [0, 0.1) is 16.0 Å². The standard InChI is InChI=1S/C16H21N3O5/c1-3-9(2)14(16(21)22)18-15(20)10-4-7-12(17-11-5-6-11)13(8-10)19(23)24/h4,7-9,11,14,17H,3,5-6H2,1-2H3,(H,18,20)(H,21,22). The molecular formula is C16H21N3O5. The molecule has 0 bridgehead atoms. The summed E-state index contributed by atoms with van der Waals surface area (Å²) in [5.41, 5.74) is 0.248. The highest BCUT2D eigenvalue weighted by Gasteiger charge is 2.28. The zero-order chi connectivity index (χ0) is 17.9. The quantitative estimate of drug-likeness (QED) is 0.495. The van der Waals surface area contributed by atoms with E-state index in [0.29, 0.717) is 12.1 Å². The number of benzene rings is 1. The predicted octanol–water partition coefficient (Wildman–Crippen LogP) is 2.40. The highest BCUT2D eigenvalue weighted by atomic mass is 16.6. The van der Waals surface area contributed by atoms with E-state index in [1.807, 2.05) is 6.92 Å². The van der Waals surface area contributed by atoms with Gasteiger partial charge >= 0.3 is 5.97 Å². The molecule has 1 amide bonds. The van der Waals surface area contributed by atoms with Gasteiger partial charge in [-0.05, 0) is 30.9 Å². The van der Waals surface area contributed by atoms with Crippen LogP contribution in [0.4, 0.5) is 11.4 Å². The molecule has 1 aliphatic carbocycles. The van der Waals surface area contributed by atoms with E-state index in [1.54, 1.807) is 6.92 Å². The van der Waals surface area contributed by atoms with Crippen molar-refractivity contribution in [2.24, 2.45) is 5.92 Å². The number of carbonyl (C=O) groups is 2. The van der Waals surface area contributed by atoms with Crippen molar-refractivity contribution < 1.29 is 19.6 Å². The van der Waals surface area contributed by atoms with Crippen molar-refractivity contribution in [1.29, 1.82) is 0 Å². The zero-order valence-electron chi connectivity index (χ0n) is 13.6. The molecule has 3 N–H and O–H groups in total. The molecule has 1 aliphatic rings. The van der Waals surface area contributed by atoms with Crippen molar-refractivity contribution in [3.8, 4) is 0 Å². The number of nitrogens with zero attached hydrogens (tertiary/aromatic N) is 1. The maximum Gasteiger partial charge on any atom is 0.326 e. The average molecular weight is 335 g/mol. The monoisotopic (exact) mass is 335 g/mol. The van der Waals surface area contributed by atoms with Gasteiger partial charge in [0.25, 0.3) is 11.6 Å². The summed E-state index contributed by atoms with van der Waals surface area (Å²) in [7, 11) is 0. The lowest BCUT2D eigenvalue weighted by Gasteiger charge is -2.20. The van der Waals surface area contributed by atoms with Gasteiger partial charge in [0.1, 0.15) is 11.7 Å². The lowest BCUT2D eigenvalue weighted by atomic mass is 9.99. The fourth-order valence-corrected chi connectivity index (χ4v) is 2.30. The number of carbonyl (C=O) groups excluding carboxylic acids is 1. The molecule has 0 heterocycles. The number of aliphatic carboxylic acids is 1. The molecule has 0 radical (unpaired) electrons. The number of nitro groups is 1. The Balaban J connectivity index is 2.20. The molecule has 0 aromatic heterocycles. The van der Waals surface area contributed by atoms with Gasteiger partial charge in [0.15, 0.2) is 0 Å². The van der Waals surface area contributed by atoms with Crippen LogP contribution in [-0.4, -0.2) is 34.0 Å². The number of hydrogen-bond acceptors (Lipinski definition) is 5. The van der Waals surface area contributed by atoms with E-state index < -0.39 is 22.8 Å². The van der Waals surface area contributed by atoms with Crippen LogP contribution in [0.1, 0.15) is 43.5 Å². The minimum atomic E-state index is -1.13. The summed E-state index contributed by atoms with van der Waals surface area (Å²) in [6.45, 7) is 3.56. The molecule has 24 heavy (non-hydrogen) atoms. The fraction of sp³-hybridized carbons (Fsp3) is 0.500. The minimum absolute atomic E-state index is 0.0672. The van der Waals surface area contributed by atoms with Gasteiger partial charge < -0.3 is 15.7 Å². The summed E-state index contributed by atoms with van der Waals surface area (Å²) in [4.78, 5) is 34.2. The number of carboxylic acids is 1. The first-order valence-electron chi connectivity index (χ1n) is 7.92. The van der Waals surface area contributed by atoms with Crippen LogP contribution in [0.5, 0.6) is 0 Å². The van der Waals surface area contributed by atoms with E-state index in [2.05, 4.69) is 10.6 Å². The van der Waals surface area contributed by atoms with Crippen molar-refractivity contribution in [3.63, 3.8) is 0 Å². The number of nitro benzene ring substituents is 1. The third-order valence-corrected chi connectivity index (χ3v) is 4.16. The molecule has 0 aliphatic heterocycles. The number of nitrogens with one attached hydrogen (secondary N) is 2. The molecule has 1 aromatic carbocycles. The van der Waals surface area contributed by atoms with E-state index in [9.17, 15) is 24.8 Å². The van der Waals surface area contributed by atoms with E-state index in [0.717, 1.165) is 12.8 Å². The summed E-state index contributed by atoms with van der Waals surface area (Å²) in [6, 6.07) is 3.33. The third kappa shape index (κ3) is 4.21. The Labute approximate surface area is 139 Å². The van der Waals surface area contributed by atoms with Crippen LogP contribution in [-0.2, 0) is 4.79 Å². The van der Waals surface area contributed by atoms with E-state index in [4.69, 9.17) is 0 Å². The smallest absolute Gasteiger partial charge is 0.326 e. The van der Waals surface area contributed by atoms with E-state index in [-0.39, 0.29) is 23.2 Å². The summed E-state index contributed by atoms with van der Waals surface area (Å²) in [6.07, 6.45) is 2.52. The number of amides is 1. The molecule has 8 heteroatoms. The molecule has 130 valence electrons. The van der Waals surface area contributed by atoms with Crippen molar-refractivity contribution in [2.45, 2.75) is 45.2 Å². The molecule has 0 spiro atoms. The zero-order valence-corrected chi connectivity index (χ0v) is 13.6. The largest absolute Gasteiger partial charge is 0.480 e. The van der Waals surface area contributed by atoms with Gasteiger partial charge in [0, 0.05) is 17.7 Å². The molecule has 1 saturated carbocycles. The van der Waals surface area contributed by atoms with Crippen LogP contribution in [0.15, 0.2) is 18.2 Å². The summed E-state index contributed by atoms with van der Waals surface area (Å²) >= 11 is 0. The van der Waals surface area contributed by atoms with E-state index >= 15 is 0 Å². The Morgan fingerprint density at radius 3 is 2.58 bits per heavy atom. The third-order valence-electron chi connectivity index (χ3n) is 4.16. The highest BCUT2D eigenvalue weighted by molar-refractivity contribution is 5.97. The number of hydrogen-bond donors (Lipinski definition) is 3. The van der Waals surface area contributed by atoms with Gasteiger partial charge in [0.05, 0.1) is 4.92 Å². The summed E-state index contributed by atoms with van der Waals surface area (Å²) < 4.78 is 0. The minimum Gasteiger partial charge on any atom is -0.480 e. The first-order valence-corrected chi connectivity index (χ1v) is 7.92. The second kappa shape index (κ2) is 7.29. The normalized spacial score (nSPS) is 16.1. The van der Waals surface area contributed by atoms with Gasteiger partial charge in [-0.25, -0.2) is 4.79 Å². The average Bonchev–Trinajstić information content (AvgIpc) is 3.35. The summed E-state index contributed by atoms with van der Waals surface area (Å²) in [5.74, 6) is -2.01. The van der Waals surface area contributed by atoms with Gasteiger partial charge in [-0.1, -0.05) is 20.3 Å². The Morgan fingerprint density at radius 2 is 2.08 bits per heavy atom. The molecule has 2 atom stereocenters. The number of anilines is 1. The maximum atomic E-state index is 12.3. The molecule has 2 rings (SSSR count). The first-order chi connectivity index (χ1) is 11.3. The topological polar surface area (TPSA) is 122 Å². The second-order valence-electron chi connectivity index (χ2n) is 6.08. The van der Waals surface area contributed by atoms with Gasteiger partial charge in [-0.2, -0.15) is 0 Å². The number of carboxylic acid groups (broad SMARTS) is 1. The lowest BCUT2D eigenvalue weighted by molar-refractivity contribution is -0.384. The molecule has 2 unspecified atom stereocenters. The lowest BCUT2D eigenvalue weighted by Crippen LogP contribution is -2.45. The fourth-order valence-electron chi connectivity index (χ4n) is 2.30. The van der Waals surface area contributed by atoms with Crippen molar-refractivity contribution in [3.05, 3.63) is 33.9 Å². The van der Waals surface area contributed by atoms with Gasteiger partial charge in [0.2, 0.25) is 0 Å². The van der Waals surface area contributed by atoms with Crippen LogP contribution in [0.2, 0.25) is 0 Å². The van der Waals surface area contributed by atoms with E-state index in [1.165, 1.54) is 18.2 Å². The molecule has 1 aromatic rings. The van der Waals surface area contributed by atoms with Crippen molar-refractivity contribution >= 4 is 23.3 Å². The molecule has 1 fully saturated rings. The Hall–Kier alpha value is -2.64. The highest BCUT2D eigenvalue weighted by Crippen LogP contribution is 2.31. The SMILES string of the molecule is CCC(C)C(NC(=O)c1ccc(NC2CC2)c([N+](=O)[O-])c1)C(=O)O. The predicted molar refractivity (Wildman–Crippen MR) is 88.1 cm³/mol. The second-order valence-corrected chi connectivity index (χ2v) is 6.08. The van der Waals surface area contributed by atoms with Gasteiger partial charge in [-0.3, -0.25) is 14.9 Å². The van der Waals surface area contributed by atoms with Crippen LogP contribution >= 0.6 is 0 Å². The van der Waals surface area contributed by atoms with Gasteiger partial charge in [-0.15, -0.1) is 0 Å². The van der Waals surface area contributed by atoms with Crippen molar-refractivity contribution in [2.75, 3.05) is 5.32 Å². The Morgan fingerprint density at radius 1 is 1.42 bits per heavy atom. The molecule has 8 nitrogen and oxygen atoms in total. The molecule has 0 saturated heterocycles. The number of rotatable bonds is 8. The summed E-state index contributed by atoms with van der Waals surface area (Å²) in [5, 5.41) is 25.9. The first kappa shape index (κ1) is 17.7. The van der Waals surface area contributed by atoms with Crippen LogP contribution in [0.3, 0.4) is 0 Å². The Kier molecular flexibility index (Phi) is 5.38. The maximum absolute atomic E-state index is 12.3. The molecular weight excluding hydrogens is 314 g/mol.